The predicted octanol–water partition coefficient (Wildman–Crippen LogP) is 4.22. The molecule has 7 heteroatoms. The Morgan fingerprint density at radius 3 is 2.95 bits per heavy atom. The molecular weight excluding hydrogens is 336 g/mol. The molecule has 0 aromatic carbocycles. The summed E-state index contributed by atoms with van der Waals surface area (Å²) in [4.78, 5) is 10.1. The molecule has 3 rings (SSSR count). The molecule has 0 saturated heterocycles. The molecule has 4 nitrogen and oxygen atoms in total. The first-order valence-electron chi connectivity index (χ1n) is 7.01. The molecule has 116 valence electrons. The number of hydrogen-bond donors (Lipinski definition) is 2. The van der Waals surface area contributed by atoms with E-state index in [2.05, 4.69) is 22.2 Å². The summed E-state index contributed by atoms with van der Waals surface area (Å²) in [5.41, 5.74) is 9.10. The number of thiazole rings is 1. The molecule has 0 amide bonds. The normalized spacial score (nSPS) is 12.7. The molecule has 3 aromatic rings. The van der Waals surface area contributed by atoms with E-state index in [1.54, 1.807) is 22.7 Å². The molecule has 0 fully saturated rings. The summed E-state index contributed by atoms with van der Waals surface area (Å²) in [5, 5.41) is 6.95. The molecule has 0 unspecified atom stereocenters. The van der Waals surface area contributed by atoms with Gasteiger partial charge < -0.3 is 11.1 Å². The number of nitrogens with one attached hydrogen (secondary N) is 1. The Morgan fingerprint density at radius 1 is 1.45 bits per heavy atom. The van der Waals surface area contributed by atoms with Gasteiger partial charge in [-0.1, -0.05) is 11.6 Å². The monoisotopic (exact) mass is 352 g/mol. The third kappa shape index (κ3) is 3.25. The van der Waals surface area contributed by atoms with Crippen LogP contribution >= 0.6 is 34.3 Å². The average Bonchev–Trinajstić information content (AvgIpc) is 3.07. The summed E-state index contributed by atoms with van der Waals surface area (Å²) in [5.74, 6) is 0. The van der Waals surface area contributed by atoms with Crippen molar-refractivity contribution in [3.8, 4) is 0 Å². The quantitative estimate of drug-likeness (QED) is 0.675. The lowest BCUT2D eigenvalue weighted by atomic mass is 10.1. The molecule has 3 N–H and O–H groups in total. The van der Waals surface area contributed by atoms with Crippen molar-refractivity contribution in [2.45, 2.75) is 32.9 Å². The molecule has 0 bridgehead atoms. The number of aromatic nitrogens is 2. The van der Waals surface area contributed by atoms with E-state index in [1.807, 2.05) is 24.6 Å². The van der Waals surface area contributed by atoms with E-state index >= 15 is 0 Å². The highest BCUT2D eigenvalue weighted by Gasteiger charge is 2.15. The third-order valence-electron chi connectivity index (χ3n) is 3.36. The van der Waals surface area contributed by atoms with Crippen LogP contribution in [0.3, 0.4) is 0 Å². The topological polar surface area (TPSA) is 63.8 Å². The average molecular weight is 353 g/mol. The Kier molecular flexibility index (Phi) is 4.63. The van der Waals surface area contributed by atoms with Crippen molar-refractivity contribution in [3.63, 3.8) is 0 Å². The van der Waals surface area contributed by atoms with E-state index in [-0.39, 0.29) is 6.04 Å². The van der Waals surface area contributed by atoms with Crippen molar-refractivity contribution in [2.24, 2.45) is 5.73 Å². The summed E-state index contributed by atoms with van der Waals surface area (Å²) in [6, 6.07) is 2.01. The fraction of sp³-hybridized carbons (Fsp3) is 0.333. The van der Waals surface area contributed by atoms with Crippen LogP contribution in [0.5, 0.6) is 0 Å². The lowest BCUT2D eigenvalue weighted by molar-refractivity contribution is 0.744. The van der Waals surface area contributed by atoms with Gasteiger partial charge in [0, 0.05) is 28.6 Å². The summed E-state index contributed by atoms with van der Waals surface area (Å²) in [6.45, 7) is 4.79. The van der Waals surface area contributed by atoms with Crippen LogP contribution < -0.4 is 11.1 Å². The minimum absolute atomic E-state index is 0.133. The van der Waals surface area contributed by atoms with Gasteiger partial charge in [0.05, 0.1) is 22.4 Å². The minimum Gasteiger partial charge on any atom is -0.377 e. The van der Waals surface area contributed by atoms with Crippen LogP contribution in [0.15, 0.2) is 17.6 Å². The van der Waals surface area contributed by atoms with Gasteiger partial charge >= 0.3 is 0 Å². The Hall–Kier alpha value is -1.21. The van der Waals surface area contributed by atoms with Crippen molar-refractivity contribution in [1.82, 2.24) is 9.97 Å². The standard InChI is InChI=1S/C15H17ClN4S2/c1-8(17)5-11-9(2)14-15(22-11)10(6-12(16)20-14)19-7-13-18-3-4-21-13/h3-4,6,8H,5,7,17H2,1-2H3,(H,19,20)/t8-/m0/s1. The maximum absolute atomic E-state index is 6.19. The number of hydrogen-bond acceptors (Lipinski definition) is 6. The largest absolute Gasteiger partial charge is 0.377 e. The summed E-state index contributed by atoms with van der Waals surface area (Å²) >= 11 is 9.56. The molecule has 3 heterocycles. The second kappa shape index (κ2) is 6.50. The second-order valence-electron chi connectivity index (χ2n) is 5.28. The van der Waals surface area contributed by atoms with Crippen molar-refractivity contribution >= 4 is 50.2 Å². The SMILES string of the molecule is Cc1c(C[C@H](C)N)sc2c(NCc3nccs3)cc(Cl)nc12. The van der Waals surface area contributed by atoms with Crippen molar-refractivity contribution in [1.29, 1.82) is 0 Å². The first kappa shape index (κ1) is 15.7. The van der Waals surface area contributed by atoms with Crippen LogP contribution in [-0.4, -0.2) is 16.0 Å². The van der Waals surface area contributed by atoms with Crippen LogP contribution in [0.25, 0.3) is 10.2 Å². The lowest BCUT2D eigenvalue weighted by Crippen LogP contribution is -2.17. The Labute approximate surface area is 142 Å². The first-order valence-corrected chi connectivity index (χ1v) is 9.08. The Balaban J connectivity index is 1.98. The van der Waals surface area contributed by atoms with Gasteiger partial charge in [0.15, 0.2) is 0 Å². The van der Waals surface area contributed by atoms with E-state index < -0.39 is 0 Å². The fourth-order valence-corrected chi connectivity index (χ4v) is 4.45. The Morgan fingerprint density at radius 2 is 2.27 bits per heavy atom. The van der Waals surface area contributed by atoms with Gasteiger partial charge in [0.2, 0.25) is 0 Å². The van der Waals surface area contributed by atoms with Crippen LogP contribution in [0.1, 0.15) is 22.4 Å². The van der Waals surface area contributed by atoms with Gasteiger partial charge in [-0.15, -0.1) is 22.7 Å². The fourth-order valence-electron chi connectivity index (χ4n) is 2.32. The van der Waals surface area contributed by atoms with Gasteiger partial charge in [-0.2, -0.15) is 0 Å². The van der Waals surface area contributed by atoms with E-state index in [0.717, 1.165) is 27.3 Å². The van der Waals surface area contributed by atoms with Crippen LogP contribution in [0, 0.1) is 6.92 Å². The number of pyridine rings is 1. The van der Waals surface area contributed by atoms with Gasteiger partial charge in [-0.05, 0) is 25.8 Å². The van der Waals surface area contributed by atoms with Gasteiger partial charge in [0.1, 0.15) is 10.2 Å². The summed E-state index contributed by atoms with van der Waals surface area (Å²) < 4.78 is 1.13. The highest BCUT2D eigenvalue weighted by molar-refractivity contribution is 7.19. The number of thiophene rings is 1. The van der Waals surface area contributed by atoms with E-state index in [4.69, 9.17) is 17.3 Å². The summed E-state index contributed by atoms with van der Waals surface area (Å²) in [6.07, 6.45) is 2.67. The predicted molar refractivity (Wildman–Crippen MR) is 96.2 cm³/mol. The number of nitrogens with two attached hydrogens (primary N) is 1. The number of fused-ring (bicyclic) bond motifs is 1. The van der Waals surface area contributed by atoms with Crippen LogP contribution in [-0.2, 0) is 13.0 Å². The number of aryl methyl sites for hydroxylation is 1. The maximum atomic E-state index is 6.19. The molecule has 22 heavy (non-hydrogen) atoms. The lowest BCUT2D eigenvalue weighted by Gasteiger charge is -2.06. The van der Waals surface area contributed by atoms with E-state index in [0.29, 0.717) is 11.7 Å². The highest BCUT2D eigenvalue weighted by Crippen LogP contribution is 2.37. The number of nitrogens with zero attached hydrogens (tertiary/aromatic N) is 2. The Bertz CT molecular complexity index is 781. The summed E-state index contributed by atoms with van der Waals surface area (Å²) in [7, 11) is 0. The van der Waals surface area contributed by atoms with Crippen LogP contribution in [0.2, 0.25) is 5.15 Å². The zero-order valence-corrected chi connectivity index (χ0v) is 14.8. The smallest absolute Gasteiger partial charge is 0.131 e. The molecule has 0 aliphatic carbocycles. The first-order chi connectivity index (χ1) is 10.5. The zero-order chi connectivity index (χ0) is 15.7. The molecule has 0 radical (unpaired) electrons. The molecule has 3 aromatic heterocycles. The van der Waals surface area contributed by atoms with E-state index in [1.165, 1.54) is 10.4 Å². The second-order valence-corrected chi connectivity index (χ2v) is 7.75. The molecule has 0 aliphatic heterocycles. The van der Waals surface area contributed by atoms with Crippen molar-refractivity contribution in [3.05, 3.63) is 38.2 Å². The highest BCUT2D eigenvalue weighted by atomic mass is 35.5. The van der Waals surface area contributed by atoms with Crippen LogP contribution in [0.4, 0.5) is 5.69 Å². The molecule has 0 saturated carbocycles. The molecule has 1 atom stereocenters. The number of anilines is 1. The minimum atomic E-state index is 0.133. The van der Waals surface area contributed by atoms with Crippen molar-refractivity contribution < 1.29 is 0 Å². The van der Waals surface area contributed by atoms with Gasteiger partial charge in [-0.3, -0.25) is 0 Å². The molecule has 0 spiro atoms. The van der Waals surface area contributed by atoms with Gasteiger partial charge in [0.25, 0.3) is 0 Å². The zero-order valence-electron chi connectivity index (χ0n) is 12.4. The number of rotatable bonds is 5. The molecular formula is C15H17ClN4S2. The molecule has 0 aliphatic rings. The van der Waals surface area contributed by atoms with E-state index in [9.17, 15) is 0 Å². The maximum Gasteiger partial charge on any atom is 0.131 e. The number of halogens is 1. The van der Waals surface area contributed by atoms with Gasteiger partial charge in [-0.25, -0.2) is 9.97 Å². The van der Waals surface area contributed by atoms with Crippen molar-refractivity contribution in [2.75, 3.05) is 5.32 Å². The third-order valence-corrected chi connectivity index (χ3v) is 5.67.